The van der Waals surface area contributed by atoms with E-state index < -0.39 is 0 Å². The first kappa shape index (κ1) is 12.8. The van der Waals surface area contributed by atoms with Gasteiger partial charge in [0.1, 0.15) is 5.76 Å². The Morgan fingerprint density at radius 1 is 1.50 bits per heavy atom. The van der Waals surface area contributed by atoms with Crippen LogP contribution >= 0.6 is 0 Å². The molecule has 16 heavy (non-hydrogen) atoms. The van der Waals surface area contributed by atoms with Gasteiger partial charge in [0.15, 0.2) is 0 Å². The normalized spacial score (nSPS) is 14.4. The first-order valence-corrected chi connectivity index (χ1v) is 5.69. The highest BCUT2D eigenvalue weighted by molar-refractivity contribution is 5.81. The molecular formula is C12H20N2O2. The zero-order chi connectivity index (χ0) is 12.0. The van der Waals surface area contributed by atoms with Crippen LogP contribution in [0, 0.1) is 0 Å². The Bertz CT molecular complexity index is 309. The molecule has 0 radical (unpaired) electrons. The predicted molar refractivity (Wildman–Crippen MR) is 62.9 cm³/mol. The van der Waals surface area contributed by atoms with E-state index in [1.807, 2.05) is 19.1 Å². The third kappa shape index (κ3) is 4.06. The van der Waals surface area contributed by atoms with Crippen LogP contribution in [0.2, 0.25) is 0 Å². The van der Waals surface area contributed by atoms with Gasteiger partial charge in [-0.1, -0.05) is 6.92 Å². The Labute approximate surface area is 96.4 Å². The van der Waals surface area contributed by atoms with Gasteiger partial charge < -0.3 is 15.1 Å². The van der Waals surface area contributed by atoms with E-state index in [1.165, 1.54) is 0 Å². The first-order chi connectivity index (χ1) is 7.63. The molecule has 0 saturated carbocycles. The zero-order valence-electron chi connectivity index (χ0n) is 10.1. The Morgan fingerprint density at radius 3 is 2.81 bits per heavy atom. The molecule has 0 aliphatic heterocycles. The minimum absolute atomic E-state index is 0.00306. The van der Waals surface area contributed by atoms with Crippen molar-refractivity contribution >= 4 is 5.91 Å². The Morgan fingerprint density at radius 2 is 2.25 bits per heavy atom. The number of carbonyl (C=O) groups is 1. The van der Waals surface area contributed by atoms with Crippen LogP contribution < -0.4 is 10.6 Å². The summed E-state index contributed by atoms with van der Waals surface area (Å²) in [5.41, 5.74) is 0. The van der Waals surface area contributed by atoms with Crippen LogP contribution in [0.1, 0.15) is 33.0 Å². The number of hydrogen-bond donors (Lipinski definition) is 2. The SMILES string of the molecule is CCC(C)NC(C)C(=O)NCc1ccco1. The number of nitrogens with one attached hydrogen (secondary N) is 2. The van der Waals surface area contributed by atoms with Gasteiger partial charge in [0.05, 0.1) is 18.8 Å². The molecule has 0 aromatic carbocycles. The van der Waals surface area contributed by atoms with Gasteiger partial charge in [-0.25, -0.2) is 0 Å². The topological polar surface area (TPSA) is 54.3 Å². The number of hydrogen-bond acceptors (Lipinski definition) is 3. The van der Waals surface area contributed by atoms with Crippen molar-refractivity contribution in [3.63, 3.8) is 0 Å². The summed E-state index contributed by atoms with van der Waals surface area (Å²) in [4.78, 5) is 11.7. The Balaban J connectivity index is 2.29. The van der Waals surface area contributed by atoms with Crippen LogP contribution in [0.4, 0.5) is 0 Å². The molecule has 0 fully saturated rings. The van der Waals surface area contributed by atoms with Gasteiger partial charge in [0.25, 0.3) is 0 Å². The van der Waals surface area contributed by atoms with Crippen molar-refractivity contribution in [1.29, 1.82) is 0 Å². The largest absolute Gasteiger partial charge is 0.467 e. The van der Waals surface area contributed by atoms with Gasteiger partial charge in [-0.3, -0.25) is 4.79 Å². The van der Waals surface area contributed by atoms with Crippen molar-refractivity contribution in [2.45, 2.75) is 45.8 Å². The third-order valence-corrected chi connectivity index (χ3v) is 2.56. The standard InChI is InChI=1S/C12H20N2O2/c1-4-9(2)14-10(3)12(15)13-8-11-6-5-7-16-11/h5-7,9-10,14H,4,8H2,1-3H3,(H,13,15). The highest BCUT2D eigenvalue weighted by Gasteiger charge is 2.14. The third-order valence-electron chi connectivity index (χ3n) is 2.56. The number of amides is 1. The monoisotopic (exact) mass is 224 g/mol. The van der Waals surface area contributed by atoms with Gasteiger partial charge in [-0.05, 0) is 32.4 Å². The maximum Gasteiger partial charge on any atom is 0.237 e. The molecule has 1 rings (SSSR count). The molecule has 4 nitrogen and oxygen atoms in total. The highest BCUT2D eigenvalue weighted by Crippen LogP contribution is 1.99. The number of furan rings is 1. The van der Waals surface area contributed by atoms with Crippen LogP contribution in [0.25, 0.3) is 0 Å². The van der Waals surface area contributed by atoms with E-state index in [0.29, 0.717) is 12.6 Å². The smallest absolute Gasteiger partial charge is 0.237 e. The molecule has 0 saturated heterocycles. The summed E-state index contributed by atoms with van der Waals surface area (Å²) in [7, 11) is 0. The molecule has 1 aromatic rings. The summed E-state index contributed by atoms with van der Waals surface area (Å²) in [5, 5.41) is 6.04. The molecule has 2 N–H and O–H groups in total. The maximum absolute atomic E-state index is 11.7. The minimum Gasteiger partial charge on any atom is -0.467 e. The van der Waals surface area contributed by atoms with Crippen LogP contribution in [0.15, 0.2) is 22.8 Å². The van der Waals surface area contributed by atoms with Gasteiger partial charge in [-0.15, -0.1) is 0 Å². The van der Waals surface area contributed by atoms with Crippen molar-refractivity contribution < 1.29 is 9.21 Å². The van der Waals surface area contributed by atoms with Gasteiger partial charge in [0, 0.05) is 6.04 Å². The van der Waals surface area contributed by atoms with E-state index in [-0.39, 0.29) is 11.9 Å². The molecule has 0 bridgehead atoms. The van der Waals surface area contributed by atoms with E-state index in [1.54, 1.807) is 6.26 Å². The minimum atomic E-state index is -0.176. The van der Waals surface area contributed by atoms with Crippen LogP contribution in [0.5, 0.6) is 0 Å². The summed E-state index contributed by atoms with van der Waals surface area (Å²) < 4.78 is 5.13. The van der Waals surface area contributed by atoms with Crippen molar-refractivity contribution in [1.82, 2.24) is 10.6 Å². The highest BCUT2D eigenvalue weighted by atomic mass is 16.3. The van der Waals surface area contributed by atoms with E-state index >= 15 is 0 Å². The summed E-state index contributed by atoms with van der Waals surface area (Å²) >= 11 is 0. The lowest BCUT2D eigenvalue weighted by Crippen LogP contribution is -2.45. The quantitative estimate of drug-likeness (QED) is 0.773. The summed E-state index contributed by atoms with van der Waals surface area (Å²) in [5.74, 6) is 0.765. The molecule has 0 aliphatic rings. The van der Waals surface area contributed by atoms with E-state index in [2.05, 4.69) is 24.5 Å². The molecule has 1 amide bonds. The summed E-state index contributed by atoms with van der Waals surface area (Å²) in [6.45, 7) is 6.46. The second kappa shape index (κ2) is 6.33. The lowest BCUT2D eigenvalue weighted by molar-refractivity contribution is -0.123. The Hall–Kier alpha value is -1.29. The molecule has 1 heterocycles. The maximum atomic E-state index is 11.7. The first-order valence-electron chi connectivity index (χ1n) is 5.69. The van der Waals surface area contributed by atoms with Gasteiger partial charge in [0.2, 0.25) is 5.91 Å². The second-order valence-electron chi connectivity index (χ2n) is 3.99. The molecule has 4 heteroatoms. The molecule has 0 aliphatic carbocycles. The van der Waals surface area contributed by atoms with Gasteiger partial charge >= 0.3 is 0 Å². The van der Waals surface area contributed by atoms with Crippen LogP contribution in [0.3, 0.4) is 0 Å². The molecule has 2 atom stereocenters. The molecule has 90 valence electrons. The second-order valence-corrected chi connectivity index (χ2v) is 3.99. The lowest BCUT2D eigenvalue weighted by atomic mass is 10.2. The predicted octanol–water partition coefficient (Wildman–Crippen LogP) is 1.67. The van der Waals surface area contributed by atoms with Crippen molar-refractivity contribution in [2.75, 3.05) is 0 Å². The fourth-order valence-corrected chi connectivity index (χ4v) is 1.36. The molecular weight excluding hydrogens is 204 g/mol. The van der Waals surface area contributed by atoms with E-state index in [9.17, 15) is 4.79 Å². The van der Waals surface area contributed by atoms with Crippen molar-refractivity contribution in [3.05, 3.63) is 24.2 Å². The fourth-order valence-electron chi connectivity index (χ4n) is 1.36. The van der Waals surface area contributed by atoms with Crippen molar-refractivity contribution in [2.24, 2.45) is 0 Å². The van der Waals surface area contributed by atoms with Crippen LogP contribution in [-0.4, -0.2) is 18.0 Å². The molecule has 0 spiro atoms. The fraction of sp³-hybridized carbons (Fsp3) is 0.583. The summed E-state index contributed by atoms with van der Waals surface area (Å²) in [6.07, 6.45) is 2.61. The lowest BCUT2D eigenvalue weighted by Gasteiger charge is -2.17. The van der Waals surface area contributed by atoms with Crippen LogP contribution in [-0.2, 0) is 11.3 Å². The number of rotatable bonds is 6. The van der Waals surface area contributed by atoms with E-state index in [4.69, 9.17) is 4.42 Å². The number of carbonyl (C=O) groups excluding carboxylic acids is 1. The van der Waals surface area contributed by atoms with Gasteiger partial charge in [-0.2, -0.15) is 0 Å². The summed E-state index contributed by atoms with van der Waals surface area (Å²) in [6, 6.07) is 3.82. The van der Waals surface area contributed by atoms with Crippen molar-refractivity contribution in [3.8, 4) is 0 Å². The molecule has 1 aromatic heterocycles. The average Bonchev–Trinajstić information content (AvgIpc) is 2.78. The van der Waals surface area contributed by atoms with E-state index in [0.717, 1.165) is 12.2 Å². The zero-order valence-corrected chi connectivity index (χ0v) is 10.1. The average molecular weight is 224 g/mol. The molecule has 2 unspecified atom stereocenters. The Kier molecular flexibility index (Phi) is 5.05.